The van der Waals surface area contributed by atoms with Crippen molar-refractivity contribution in [3.05, 3.63) is 59.2 Å². The van der Waals surface area contributed by atoms with Gasteiger partial charge in [-0.15, -0.1) is 0 Å². The number of aromatic nitrogens is 5. The second-order valence-electron chi connectivity index (χ2n) is 7.67. The second-order valence-corrected chi connectivity index (χ2v) is 7.67. The van der Waals surface area contributed by atoms with Gasteiger partial charge in [-0.3, -0.25) is 0 Å². The lowest BCUT2D eigenvalue weighted by Gasteiger charge is -2.19. The number of nitrogens with one attached hydrogen (secondary N) is 1. The van der Waals surface area contributed by atoms with Crippen LogP contribution in [0.2, 0.25) is 0 Å². The molecule has 0 saturated carbocycles. The van der Waals surface area contributed by atoms with E-state index in [0.29, 0.717) is 24.1 Å². The highest BCUT2D eigenvalue weighted by molar-refractivity contribution is 5.88. The summed E-state index contributed by atoms with van der Waals surface area (Å²) in [6.45, 7) is 15.1. The largest absolute Gasteiger partial charge is 0.447 e. The fourth-order valence-electron chi connectivity index (χ4n) is 3.54. The highest BCUT2D eigenvalue weighted by Gasteiger charge is 2.35. The number of carbonyl (C=O) groups excluding carboxylic acids is 1. The van der Waals surface area contributed by atoms with Crippen molar-refractivity contribution in [1.82, 2.24) is 24.5 Å². The first-order valence-corrected chi connectivity index (χ1v) is 10.4. The van der Waals surface area contributed by atoms with Crippen LogP contribution in [0.15, 0.2) is 30.7 Å². The van der Waals surface area contributed by atoms with Gasteiger partial charge < -0.3 is 14.6 Å². The van der Waals surface area contributed by atoms with Gasteiger partial charge in [0.05, 0.1) is 30.7 Å². The molecule has 0 spiro atoms. The van der Waals surface area contributed by atoms with Crippen LogP contribution < -0.4 is 10.2 Å². The van der Waals surface area contributed by atoms with E-state index >= 15 is 0 Å². The Hall–Kier alpha value is -4.00. The summed E-state index contributed by atoms with van der Waals surface area (Å²) in [5.41, 5.74) is 3.27. The third kappa shape index (κ3) is 4.09. The number of ether oxygens (including phenoxy) is 1. The molecule has 1 N–H and O–H groups in total. The number of hydrogen-bond donors (Lipinski definition) is 1. The van der Waals surface area contributed by atoms with Crippen LogP contribution >= 0.6 is 0 Å². The Morgan fingerprint density at radius 2 is 2.12 bits per heavy atom. The summed E-state index contributed by atoms with van der Waals surface area (Å²) >= 11 is 0. The molecule has 0 bridgehead atoms. The SMILES string of the molecule is [C-]#[N+]c1ccc(-n2cnc([C@H](C)Nc3nc(C)nc(N4C(=O)OC[C@@H]4CC)n3)c2)cc1C. The number of nitrogens with zero attached hydrogens (tertiary/aromatic N) is 7. The molecule has 1 aromatic carbocycles. The number of cyclic esters (lactones) is 1. The normalized spacial score (nSPS) is 16.5. The lowest BCUT2D eigenvalue weighted by Crippen LogP contribution is -2.34. The van der Waals surface area contributed by atoms with Crippen molar-refractivity contribution in [1.29, 1.82) is 0 Å². The number of benzene rings is 1. The van der Waals surface area contributed by atoms with Crippen LogP contribution in [0.5, 0.6) is 0 Å². The highest BCUT2D eigenvalue weighted by Crippen LogP contribution is 2.25. The van der Waals surface area contributed by atoms with E-state index in [1.165, 1.54) is 4.90 Å². The Bertz CT molecular complexity index is 1200. The Morgan fingerprint density at radius 3 is 2.84 bits per heavy atom. The predicted molar refractivity (Wildman–Crippen MR) is 119 cm³/mol. The first-order chi connectivity index (χ1) is 15.4. The number of imidazole rings is 1. The van der Waals surface area contributed by atoms with Gasteiger partial charge in [0.25, 0.3) is 0 Å². The standard InChI is InChI=1S/C22H24N8O2/c1-6-16-11-32-22(31)30(16)21-27-15(4)26-20(28-21)25-14(3)19-10-29(12-24-19)17-7-8-18(23-5)13(2)9-17/h7-10,12,14,16H,6,11H2,1-4H3,(H,25,26,27,28)/t14-,16-/m0/s1. The molecule has 0 aliphatic carbocycles. The monoisotopic (exact) mass is 432 g/mol. The number of amides is 1. The molecule has 2 aromatic heterocycles. The van der Waals surface area contributed by atoms with Crippen molar-refractivity contribution in [2.75, 3.05) is 16.8 Å². The van der Waals surface area contributed by atoms with Gasteiger partial charge in [0.2, 0.25) is 11.9 Å². The summed E-state index contributed by atoms with van der Waals surface area (Å²) < 4.78 is 7.07. The topological polar surface area (TPSA) is 102 Å². The molecule has 1 fully saturated rings. The van der Waals surface area contributed by atoms with Gasteiger partial charge in [0.15, 0.2) is 5.69 Å². The second kappa shape index (κ2) is 8.63. The first kappa shape index (κ1) is 21.2. The van der Waals surface area contributed by atoms with E-state index in [0.717, 1.165) is 23.4 Å². The van der Waals surface area contributed by atoms with Crippen LogP contribution in [-0.2, 0) is 4.74 Å². The molecule has 4 rings (SSSR count). The number of rotatable bonds is 6. The molecule has 1 aliphatic heterocycles. The lowest BCUT2D eigenvalue weighted by molar-refractivity contribution is 0.178. The third-order valence-corrected chi connectivity index (χ3v) is 5.37. The minimum absolute atomic E-state index is 0.0945. The molecule has 3 heterocycles. The summed E-state index contributed by atoms with van der Waals surface area (Å²) in [6.07, 6.45) is 3.95. The number of anilines is 2. The maximum absolute atomic E-state index is 12.2. The molecule has 2 atom stereocenters. The van der Waals surface area contributed by atoms with Gasteiger partial charge in [-0.25, -0.2) is 19.5 Å². The molecule has 10 heteroatoms. The minimum Gasteiger partial charge on any atom is -0.447 e. The van der Waals surface area contributed by atoms with Crippen LogP contribution in [0.25, 0.3) is 10.5 Å². The molecule has 10 nitrogen and oxygen atoms in total. The predicted octanol–water partition coefficient (Wildman–Crippen LogP) is 4.13. The van der Waals surface area contributed by atoms with Crippen molar-refractivity contribution >= 4 is 23.7 Å². The summed E-state index contributed by atoms with van der Waals surface area (Å²) in [5.74, 6) is 1.14. The number of aryl methyl sites for hydroxylation is 2. The molecular weight excluding hydrogens is 408 g/mol. The van der Waals surface area contributed by atoms with Crippen molar-refractivity contribution < 1.29 is 9.53 Å². The zero-order chi connectivity index (χ0) is 22.8. The van der Waals surface area contributed by atoms with E-state index in [1.54, 1.807) is 19.3 Å². The zero-order valence-corrected chi connectivity index (χ0v) is 18.4. The lowest BCUT2D eigenvalue weighted by atomic mass is 10.2. The molecule has 0 unspecified atom stereocenters. The summed E-state index contributed by atoms with van der Waals surface area (Å²) in [6, 6.07) is 5.37. The summed E-state index contributed by atoms with van der Waals surface area (Å²) in [5, 5.41) is 3.25. The van der Waals surface area contributed by atoms with E-state index < -0.39 is 6.09 Å². The summed E-state index contributed by atoms with van der Waals surface area (Å²) in [7, 11) is 0. The Morgan fingerprint density at radius 1 is 1.31 bits per heavy atom. The Kier molecular flexibility index (Phi) is 5.73. The van der Waals surface area contributed by atoms with Crippen LogP contribution in [0.1, 0.15) is 43.4 Å². The Labute approximate surface area is 186 Å². The van der Waals surface area contributed by atoms with Crippen LogP contribution in [0.3, 0.4) is 0 Å². The molecule has 0 radical (unpaired) electrons. The maximum Gasteiger partial charge on any atom is 0.417 e. The van der Waals surface area contributed by atoms with Gasteiger partial charge in [-0.05, 0) is 44.9 Å². The molecule has 1 aliphatic rings. The van der Waals surface area contributed by atoms with E-state index in [9.17, 15) is 4.79 Å². The average molecular weight is 432 g/mol. The third-order valence-electron chi connectivity index (χ3n) is 5.37. The molecule has 3 aromatic rings. The fraction of sp³-hybridized carbons (Fsp3) is 0.364. The van der Waals surface area contributed by atoms with Gasteiger partial charge in [0, 0.05) is 11.9 Å². The van der Waals surface area contributed by atoms with Gasteiger partial charge >= 0.3 is 6.09 Å². The molecule has 32 heavy (non-hydrogen) atoms. The Balaban J connectivity index is 1.54. The smallest absolute Gasteiger partial charge is 0.417 e. The highest BCUT2D eigenvalue weighted by atomic mass is 16.6. The van der Waals surface area contributed by atoms with Crippen molar-refractivity contribution in [2.45, 2.75) is 46.2 Å². The van der Waals surface area contributed by atoms with Gasteiger partial charge in [-0.1, -0.05) is 13.0 Å². The zero-order valence-electron chi connectivity index (χ0n) is 18.4. The number of hydrogen-bond acceptors (Lipinski definition) is 7. The van der Waals surface area contributed by atoms with Crippen molar-refractivity contribution in [2.24, 2.45) is 0 Å². The van der Waals surface area contributed by atoms with Gasteiger partial charge in [0.1, 0.15) is 12.4 Å². The van der Waals surface area contributed by atoms with Crippen LogP contribution in [-0.4, -0.2) is 43.2 Å². The molecule has 1 saturated heterocycles. The van der Waals surface area contributed by atoms with Crippen LogP contribution in [0, 0.1) is 20.4 Å². The van der Waals surface area contributed by atoms with Gasteiger partial charge in [-0.2, -0.15) is 15.0 Å². The maximum atomic E-state index is 12.2. The van der Waals surface area contributed by atoms with E-state index in [1.807, 2.05) is 43.7 Å². The van der Waals surface area contributed by atoms with E-state index in [4.69, 9.17) is 11.3 Å². The molecule has 1 amide bonds. The van der Waals surface area contributed by atoms with Crippen molar-refractivity contribution in [3.8, 4) is 5.69 Å². The molecule has 164 valence electrons. The van der Waals surface area contributed by atoms with E-state index in [-0.39, 0.29) is 18.0 Å². The molecular formula is C22H24N8O2. The quantitative estimate of drug-likeness (QED) is 0.584. The minimum atomic E-state index is -0.445. The summed E-state index contributed by atoms with van der Waals surface area (Å²) in [4.78, 5) is 34.8. The first-order valence-electron chi connectivity index (χ1n) is 10.4. The van der Waals surface area contributed by atoms with Crippen molar-refractivity contribution in [3.63, 3.8) is 0 Å². The number of carbonyl (C=O) groups is 1. The fourth-order valence-corrected chi connectivity index (χ4v) is 3.54. The van der Waals surface area contributed by atoms with E-state index in [2.05, 4.69) is 30.1 Å². The van der Waals surface area contributed by atoms with Crippen LogP contribution in [0.4, 0.5) is 22.4 Å². The average Bonchev–Trinajstić information content (AvgIpc) is 3.40.